The average molecular weight is 277 g/mol. The number of hydrogen-bond acceptors (Lipinski definition) is 4. The maximum atomic E-state index is 11.6. The number of benzene rings is 1. The van der Waals surface area contributed by atoms with Gasteiger partial charge in [0, 0.05) is 5.69 Å². The highest BCUT2D eigenvalue weighted by molar-refractivity contribution is 5.93. The van der Waals surface area contributed by atoms with Crippen LogP contribution in [-0.2, 0) is 9.47 Å². The number of ether oxygens (including phenoxy) is 2. The van der Waals surface area contributed by atoms with Gasteiger partial charge >= 0.3 is 12.1 Å². The SMILES string of the molecule is C=COC(=O)c1ccc(NC(=O)OC(C)(C)C)cc1C. The van der Waals surface area contributed by atoms with E-state index in [9.17, 15) is 9.59 Å². The van der Waals surface area contributed by atoms with Gasteiger partial charge in [0.2, 0.25) is 0 Å². The summed E-state index contributed by atoms with van der Waals surface area (Å²) >= 11 is 0. The van der Waals surface area contributed by atoms with Crippen LogP contribution in [0.3, 0.4) is 0 Å². The minimum Gasteiger partial charge on any atom is -0.444 e. The van der Waals surface area contributed by atoms with Crippen molar-refractivity contribution in [2.45, 2.75) is 33.3 Å². The molecule has 0 fully saturated rings. The Labute approximate surface area is 118 Å². The van der Waals surface area contributed by atoms with Crippen molar-refractivity contribution in [2.75, 3.05) is 5.32 Å². The van der Waals surface area contributed by atoms with E-state index in [-0.39, 0.29) is 0 Å². The van der Waals surface area contributed by atoms with Gasteiger partial charge in [-0.05, 0) is 51.5 Å². The minimum absolute atomic E-state index is 0.416. The third kappa shape index (κ3) is 4.76. The molecule has 0 radical (unpaired) electrons. The van der Waals surface area contributed by atoms with Crippen molar-refractivity contribution >= 4 is 17.7 Å². The molecular formula is C15H19NO4. The van der Waals surface area contributed by atoms with Gasteiger partial charge in [0.15, 0.2) is 0 Å². The van der Waals surface area contributed by atoms with Crippen molar-refractivity contribution in [3.05, 3.63) is 42.2 Å². The monoisotopic (exact) mass is 277 g/mol. The summed E-state index contributed by atoms with van der Waals surface area (Å²) in [5, 5.41) is 2.60. The van der Waals surface area contributed by atoms with Crippen molar-refractivity contribution in [1.29, 1.82) is 0 Å². The summed E-state index contributed by atoms with van der Waals surface area (Å²) in [6.07, 6.45) is 0.535. The Kier molecular flexibility index (Phi) is 4.91. The first kappa shape index (κ1) is 15.8. The Morgan fingerprint density at radius 3 is 2.45 bits per heavy atom. The second-order valence-corrected chi connectivity index (χ2v) is 5.23. The van der Waals surface area contributed by atoms with Gasteiger partial charge in [0.05, 0.1) is 11.8 Å². The molecule has 0 bridgehead atoms. The number of aryl methyl sites for hydroxylation is 1. The van der Waals surface area contributed by atoms with Gasteiger partial charge in [0.1, 0.15) is 5.60 Å². The molecule has 0 aliphatic heterocycles. The normalized spacial score (nSPS) is 10.6. The van der Waals surface area contributed by atoms with Crippen molar-refractivity contribution in [1.82, 2.24) is 0 Å². The molecule has 0 saturated carbocycles. The smallest absolute Gasteiger partial charge is 0.412 e. The fourth-order valence-corrected chi connectivity index (χ4v) is 1.53. The Hall–Kier alpha value is -2.30. The van der Waals surface area contributed by atoms with E-state index in [2.05, 4.69) is 11.9 Å². The quantitative estimate of drug-likeness (QED) is 0.676. The maximum Gasteiger partial charge on any atom is 0.412 e. The lowest BCUT2D eigenvalue weighted by Crippen LogP contribution is -2.27. The van der Waals surface area contributed by atoms with Crippen LogP contribution in [0.25, 0.3) is 0 Å². The number of nitrogens with one attached hydrogen (secondary N) is 1. The molecule has 0 spiro atoms. The number of hydrogen-bond donors (Lipinski definition) is 1. The molecular weight excluding hydrogens is 258 g/mol. The lowest BCUT2D eigenvalue weighted by atomic mass is 10.1. The zero-order chi connectivity index (χ0) is 15.3. The molecule has 20 heavy (non-hydrogen) atoms. The zero-order valence-corrected chi connectivity index (χ0v) is 12.1. The Balaban J connectivity index is 2.80. The van der Waals surface area contributed by atoms with E-state index in [4.69, 9.17) is 9.47 Å². The second-order valence-electron chi connectivity index (χ2n) is 5.23. The van der Waals surface area contributed by atoms with E-state index in [0.717, 1.165) is 6.26 Å². The van der Waals surface area contributed by atoms with Crippen LogP contribution >= 0.6 is 0 Å². The van der Waals surface area contributed by atoms with Crippen molar-refractivity contribution < 1.29 is 19.1 Å². The first-order valence-corrected chi connectivity index (χ1v) is 6.15. The van der Waals surface area contributed by atoms with Crippen LogP contribution in [-0.4, -0.2) is 17.7 Å². The standard InChI is InChI=1S/C15H19NO4/c1-6-19-13(17)12-8-7-11(9-10(12)2)16-14(18)20-15(3,4)5/h6-9H,1H2,2-5H3,(H,16,18). The van der Waals surface area contributed by atoms with Crippen molar-refractivity contribution in [2.24, 2.45) is 0 Å². The Morgan fingerprint density at radius 2 is 1.95 bits per heavy atom. The highest BCUT2D eigenvalue weighted by Crippen LogP contribution is 2.17. The summed E-state index contributed by atoms with van der Waals surface area (Å²) in [7, 11) is 0. The summed E-state index contributed by atoms with van der Waals surface area (Å²) in [4.78, 5) is 23.2. The second kappa shape index (κ2) is 6.23. The van der Waals surface area contributed by atoms with Crippen LogP contribution in [0.1, 0.15) is 36.7 Å². The van der Waals surface area contributed by atoms with Gasteiger partial charge in [-0.2, -0.15) is 0 Å². The van der Waals surface area contributed by atoms with Crippen LogP contribution in [0.2, 0.25) is 0 Å². The zero-order valence-electron chi connectivity index (χ0n) is 12.1. The number of anilines is 1. The molecule has 1 aromatic carbocycles. The van der Waals surface area contributed by atoms with E-state index in [1.165, 1.54) is 0 Å². The number of carbonyl (C=O) groups excluding carboxylic acids is 2. The van der Waals surface area contributed by atoms with Crippen LogP contribution in [0.5, 0.6) is 0 Å². The largest absolute Gasteiger partial charge is 0.444 e. The average Bonchev–Trinajstić information content (AvgIpc) is 2.26. The molecule has 108 valence electrons. The van der Waals surface area contributed by atoms with E-state index < -0.39 is 17.7 Å². The molecule has 5 nitrogen and oxygen atoms in total. The Bertz CT molecular complexity index is 529. The molecule has 0 unspecified atom stereocenters. The fraction of sp³-hybridized carbons (Fsp3) is 0.333. The topological polar surface area (TPSA) is 64.6 Å². The summed E-state index contributed by atoms with van der Waals surface area (Å²) < 4.78 is 9.85. The van der Waals surface area contributed by atoms with E-state index in [1.807, 2.05) is 0 Å². The fourth-order valence-electron chi connectivity index (χ4n) is 1.53. The summed E-state index contributed by atoms with van der Waals surface area (Å²) in [5.74, 6) is -0.485. The number of amides is 1. The van der Waals surface area contributed by atoms with Crippen LogP contribution < -0.4 is 5.32 Å². The van der Waals surface area contributed by atoms with Crippen LogP contribution in [0, 0.1) is 6.92 Å². The van der Waals surface area contributed by atoms with Gasteiger partial charge in [-0.3, -0.25) is 5.32 Å². The lowest BCUT2D eigenvalue weighted by Gasteiger charge is -2.19. The summed E-state index contributed by atoms with van der Waals surface area (Å²) in [6, 6.07) is 4.86. The van der Waals surface area contributed by atoms with Gasteiger partial charge in [-0.1, -0.05) is 6.58 Å². The van der Waals surface area contributed by atoms with E-state index in [0.29, 0.717) is 16.8 Å². The summed E-state index contributed by atoms with van der Waals surface area (Å²) in [6.45, 7) is 10.4. The highest BCUT2D eigenvalue weighted by atomic mass is 16.6. The van der Waals surface area contributed by atoms with Crippen LogP contribution in [0.15, 0.2) is 31.0 Å². The predicted molar refractivity (Wildman–Crippen MR) is 76.6 cm³/mol. The molecule has 0 saturated heterocycles. The molecule has 1 rings (SSSR count). The molecule has 0 atom stereocenters. The highest BCUT2D eigenvalue weighted by Gasteiger charge is 2.17. The molecule has 0 heterocycles. The molecule has 1 amide bonds. The molecule has 0 aromatic heterocycles. The number of carbonyl (C=O) groups is 2. The third-order valence-electron chi connectivity index (χ3n) is 2.28. The first-order valence-electron chi connectivity index (χ1n) is 6.15. The number of rotatable bonds is 3. The van der Waals surface area contributed by atoms with Gasteiger partial charge in [-0.25, -0.2) is 9.59 Å². The molecule has 1 N–H and O–H groups in total. The van der Waals surface area contributed by atoms with Crippen LogP contribution in [0.4, 0.5) is 10.5 Å². The van der Waals surface area contributed by atoms with Crippen molar-refractivity contribution in [3.63, 3.8) is 0 Å². The minimum atomic E-state index is -0.563. The third-order valence-corrected chi connectivity index (χ3v) is 2.28. The summed E-state index contributed by atoms with van der Waals surface area (Å²) in [5.41, 5.74) is 1.09. The van der Waals surface area contributed by atoms with E-state index >= 15 is 0 Å². The molecule has 0 aliphatic rings. The van der Waals surface area contributed by atoms with Gasteiger partial charge < -0.3 is 9.47 Å². The van der Waals surface area contributed by atoms with E-state index in [1.54, 1.807) is 45.9 Å². The van der Waals surface area contributed by atoms with Gasteiger partial charge in [0.25, 0.3) is 0 Å². The van der Waals surface area contributed by atoms with Gasteiger partial charge in [-0.15, -0.1) is 0 Å². The molecule has 5 heteroatoms. The lowest BCUT2D eigenvalue weighted by molar-refractivity contribution is 0.0633. The Morgan fingerprint density at radius 1 is 1.30 bits per heavy atom. The molecule has 1 aromatic rings. The van der Waals surface area contributed by atoms with Crippen molar-refractivity contribution in [3.8, 4) is 0 Å². The first-order chi connectivity index (χ1) is 9.23. The number of esters is 1. The molecule has 0 aliphatic carbocycles. The predicted octanol–water partition coefficient (Wildman–Crippen LogP) is 3.64. The maximum absolute atomic E-state index is 11.6.